The van der Waals surface area contributed by atoms with Crippen LogP contribution in [-0.4, -0.2) is 18.4 Å². The van der Waals surface area contributed by atoms with E-state index < -0.39 is 47.3 Å². The topological polar surface area (TPSA) is 49.4 Å². The fraction of sp³-hybridized carbons (Fsp3) is 0.125. The molecule has 2 amide bonds. The highest BCUT2D eigenvalue weighted by atomic mass is 19.2. The fourth-order valence-corrected chi connectivity index (χ4v) is 2.00. The lowest BCUT2D eigenvalue weighted by Gasteiger charge is -2.21. The number of halogens is 4. The van der Waals surface area contributed by atoms with Crippen molar-refractivity contribution in [3.05, 3.63) is 59.7 Å². The van der Waals surface area contributed by atoms with Gasteiger partial charge in [-0.15, -0.1) is 0 Å². The van der Waals surface area contributed by atoms with Crippen molar-refractivity contribution in [2.24, 2.45) is 0 Å². The molecule has 1 N–H and O–H groups in total. The zero-order valence-electron chi connectivity index (χ0n) is 12.4. The molecule has 0 aliphatic heterocycles. The highest BCUT2D eigenvalue weighted by Crippen LogP contribution is 2.24. The van der Waals surface area contributed by atoms with Gasteiger partial charge in [0.25, 0.3) is 0 Å². The van der Waals surface area contributed by atoms with E-state index in [1.807, 2.05) is 0 Å². The molecular weight excluding hydrogens is 328 g/mol. The number of hydrogen-bond acceptors (Lipinski definition) is 2. The van der Waals surface area contributed by atoms with Crippen molar-refractivity contribution in [2.45, 2.75) is 6.92 Å². The fourth-order valence-electron chi connectivity index (χ4n) is 2.00. The number of nitrogens with zero attached hydrogens (tertiary/aromatic N) is 1. The molecule has 0 bridgehead atoms. The maximum Gasteiger partial charge on any atom is 0.244 e. The van der Waals surface area contributed by atoms with E-state index >= 15 is 0 Å². The van der Waals surface area contributed by atoms with E-state index in [-0.39, 0.29) is 5.69 Å². The molecule has 2 aromatic carbocycles. The molecule has 2 rings (SSSR count). The van der Waals surface area contributed by atoms with Crippen molar-refractivity contribution < 1.29 is 27.2 Å². The maximum absolute atomic E-state index is 13.8. The molecule has 0 aromatic heterocycles. The van der Waals surface area contributed by atoms with Crippen LogP contribution in [0, 0.1) is 23.3 Å². The van der Waals surface area contributed by atoms with Gasteiger partial charge in [-0.3, -0.25) is 9.59 Å². The monoisotopic (exact) mass is 340 g/mol. The zero-order chi connectivity index (χ0) is 17.9. The number of anilines is 2. The van der Waals surface area contributed by atoms with E-state index in [9.17, 15) is 27.2 Å². The largest absolute Gasteiger partial charge is 0.324 e. The van der Waals surface area contributed by atoms with Crippen molar-refractivity contribution in [3.63, 3.8) is 0 Å². The average Bonchev–Trinajstić information content (AvgIpc) is 2.51. The first kappa shape index (κ1) is 17.5. The van der Waals surface area contributed by atoms with E-state index in [4.69, 9.17) is 0 Å². The van der Waals surface area contributed by atoms with Crippen LogP contribution in [0.25, 0.3) is 0 Å². The van der Waals surface area contributed by atoms with Gasteiger partial charge in [-0.05, 0) is 30.3 Å². The Balaban J connectivity index is 2.22. The number of rotatable bonds is 4. The average molecular weight is 340 g/mol. The second-order valence-corrected chi connectivity index (χ2v) is 4.86. The lowest BCUT2D eigenvalue weighted by atomic mass is 10.2. The van der Waals surface area contributed by atoms with E-state index in [0.29, 0.717) is 11.0 Å². The minimum Gasteiger partial charge on any atom is -0.324 e. The van der Waals surface area contributed by atoms with Crippen LogP contribution in [-0.2, 0) is 9.59 Å². The molecule has 24 heavy (non-hydrogen) atoms. The van der Waals surface area contributed by atoms with Gasteiger partial charge in [0.2, 0.25) is 11.8 Å². The number of nitrogens with one attached hydrogen (secondary N) is 1. The second kappa shape index (κ2) is 7.12. The molecule has 0 aliphatic rings. The number of hydrogen-bond donors (Lipinski definition) is 1. The summed E-state index contributed by atoms with van der Waals surface area (Å²) >= 11 is 0. The van der Waals surface area contributed by atoms with Gasteiger partial charge in [-0.25, -0.2) is 17.6 Å². The summed E-state index contributed by atoms with van der Waals surface area (Å²) in [6, 6.07) is 6.50. The zero-order valence-corrected chi connectivity index (χ0v) is 12.4. The van der Waals surface area contributed by atoms with E-state index in [0.717, 1.165) is 19.1 Å². The molecule has 0 saturated carbocycles. The van der Waals surface area contributed by atoms with Crippen molar-refractivity contribution in [1.29, 1.82) is 0 Å². The van der Waals surface area contributed by atoms with Crippen LogP contribution in [0.1, 0.15) is 6.92 Å². The summed E-state index contributed by atoms with van der Waals surface area (Å²) in [7, 11) is 0. The molecule has 0 spiro atoms. The minimum atomic E-state index is -1.75. The van der Waals surface area contributed by atoms with Gasteiger partial charge in [0.15, 0.2) is 17.5 Å². The Kier molecular flexibility index (Phi) is 5.18. The van der Waals surface area contributed by atoms with Crippen LogP contribution < -0.4 is 10.2 Å². The van der Waals surface area contributed by atoms with E-state index in [1.54, 1.807) is 0 Å². The highest BCUT2D eigenvalue weighted by molar-refractivity contribution is 6.01. The molecule has 126 valence electrons. The van der Waals surface area contributed by atoms with Gasteiger partial charge in [0.1, 0.15) is 12.4 Å². The van der Waals surface area contributed by atoms with Gasteiger partial charge in [-0.1, -0.05) is 6.07 Å². The normalized spacial score (nSPS) is 10.4. The number of carbonyl (C=O) groups is 2. The quantitative estimate of drug-likeness (QED) is 0.686. The van der Waals surface area contributed by atoms with Crippen LogP contribution >= 0.6 is 0 Å². The highest BCUT2D eigenvalue weighted by Gasteiger charge is 2.23. The van der Waals surface area contributed by atoms with Crippen LogP contribution in [0.15, 0.2) is 36.4 Å². The summed E-state index contributed by atoms with van der Waals surface area (Å²) in [6.07, 6.45) is 0. The predicted molar refractivity (Wildman–Crippen MR) is 79.4 cm³/mol. The van der Waals surface area contributed by atoms with Gasteiger partial charge in [0.05, 0.1) is 5.69 Å². The third kappa shape index (κ3) is 3.89. The Morgan fingerprint density at radius 1 is 1.04 bits per heavy atom. The maximum atomic E-state index is 13.8. The summed E-state index contributed by atoms with van der Waals surface area (Å²) < 4.78 is 53.2. The summed E-state index contributed by atoms with van der Waals surface area (Å²) in [5.41, 5.74) is -0.440. The molecule has 0 unspecified atom stereocenters. The molecule has 8 heteroatoms. The van der Waals surface area contributed by atoms with Crippen LogP contribution in [0.2, 0.25) is 0 Å². The summed E-state index contributed by atoms with van der Waals surface area (Å²) in [5, 5.41) is 2.32. The number of carbonyl (C=O) groups excluding carboxylic acids is 2. The Morgan fingerprint density at radius 3 is 2.38 bits per heavy atom. The third-order valence-corrected chi connectivity index (χ3v) is 3.10. The molecule has 4 nitrogen and oxygen atoms in total. The Morgan fingerprint density at radius 2 is 1.75 bits per heavy atom. The smallest absolute Gasteiger partial charge is 0.244 e. The Hall–Kier alpha value is -2.90. The van der Waals surface area contributed by atoms with Crippen molar-refractivity contribution in [3.8, 4) is 0 Å². The van der Waals surface area contributed by atoms with Crippen molar-refractivity contribution >= 4 is 23.2 Å². The molecular formula is C16H12F4N2O2. The molecule has 0 heterocycles. The molecule has 0 aliphatic carbocycles. The third-order valence-electron chi connectivity index (χ3n) is 3.10. The van der Waals surface area contributed by atoms with Gasteiger partial charge < -0.3 is 10.2 Å². The SMILES string of the molecule is CC(=O)N(CC(=O)Nc1cccc(F)c1)c1ccc(F)c(F)c1F. The standard InChI is InChI=1S/C16H12F4N2O2/c1-9(23)22(13-6-5-12(18)15(19)16(13)20)8-14(24)21-11-4-2-3-10(17)7-11/h2-7H,8H2,1H3,(H,21,24). The van der Waals surface area contributed by atoms with Crippen molar-refractivity contribution in [2.75, 3.05) is 16.8 Å². The number of benzene rings is 2. The predicted octanol–water partition coefficient (Wildman–Crippen LogP) is 3.23. The summed E-state index contributed by atoms with van der Waals surface area (Å²) in [5.74, 6) is -6.84. The molecule has 2 aromatic rings. The second-order valence-electron chi connectivity index (χ2n) is 4.86. The minimum absolute atomic E-state index is 0.134. The van der Waals surface area contributed by atoms with Gasteiger partial charge in [-0.2, -0.15) is 0 Å². The Labute approximate surface area is 134 Å². The van der Waals surface area contributed by atoms with Gasteiger partial charge in [0, 0.05) is 12.6 Å². The summed E-state index contributed by atoms with van der Waals surface area (Å²) in [4.78, 5) is 24.2. The first-order chi connectivity index (χ1) is 11.3. The first-order valence-corrected chi connectivity index (χ1v) is 6.76. The molecule has 0 saturated heterocycles. The summed E-state index contributed by atoms with van der Waals surface area (Å²) in [6.45, 7) is 0.379. The lowest BCUT2D eigenvalue weighted by molar-refractivity contribution is -0.120. The molecule has 0 fully saturated rings. The van der Waals surface area contributed by atoms with Crippen LogP contribution in [0.4, 0.5) is 28.9 Å². The van der Waals surface area contributed by atoms with E-state index in [1.165, 1.54) is 18.2 Å². The van der Waals surface area contributed by atoms with Crippen molar-refractivity contribution in [1.82, 2.24) is 0 Å². The molecule has 0 radical (unpaired) electrons. The van der Waals surface area contributed by atoms with Gasteiger partial charge >= 0.3 is 0 Å². The van der Waals surface area contributed by atoms with E-state index in [2.05, 4.69) is 5.32 Å². The van der Waals surface area contributed by atoms with Crippen LogP contribution in [0.5, 0.6) is 0 Å². The Bertz CT molecular complexity index is 796. The number of amides is 2. The first-order valence-electron chi connectivity index (χ1n) is 6.76. The van der Waals surface area contributed by atoms with Crippen LogP contribution in [0.3, 0.4) is 0 Å². The lowest BCUT2D eigenvalue weighted by Crippen LogP contribution is -2.37. The molecule has 0 atom stereocenters.